The van der Waals surface area contributed by atoms with Crippen LogP contribution < -0.4 is 0 Å². The molecular formula is C12H16OS. The van der Waals surface area contributed by atoms with Crippen molar-refractivity contribution in [3.05, 3.63) is 35.4 Å². The van der Waals surface area contributed by atoms with E-state index in [9.17, 15) is 4.79 Å². The van der Waals surface area contributed by atoms with Crippen LogP contribution in [0.2, 0.25) is 0 Å². The van der Waals surface area contributed by atoms with E-state index < -0.39 is 0 Å². The molecule has 0 aliphatic carbocycles. The second-order valence-corrected chi connectivity index (χ2v) is 4.84. The lowest BCUT2D eigenvalue weighted by Gasteiger charge is -2.08. The van der Waals surface area contributed by atoms with E-state index in [4.69, 9.17) is 0 Å². The minimum atomic E-state index is 0.114. The molecule has 0 N–H and O–H groups in total. The number of hydrogen-bond donors (Lipinski definition) is 0. The Hall–Kier alpha value is -0.760. The monoisotopic (exact) mass is 208 g/mol. The van der Waals surface area contributed by atoms with Gasteiger partial charge in [0.1, 0.15) is 6.29 Å². The van der Waals surface area contributed by atoms with Crippen LogP contribution in [0.4, 0.5) is 0 Å². The molecule has 0 saturated heterocycles. The first kappa shape index (κ1) is 11.3. The van der Waals surface area contributed by atoms with Crippen molar-refractivity contribution in [1.29, 1.82) is 0 Å². The lowest BCUT2D eigenvalue weighted by atomic mass is 10.1. The van der Waals surface area contributed by atoms with Crippen LogP contribution in [0, 0.1) is 6.92 Å². The van der Waals surface area contributed by atoms with Crippen LogP contribution in [0.1, 0.15) is 18.1 Å². The molecule has 0 heterocycles. The van der Waals surface area contributed by atoms with E-state index in [0.29, 0.717) is 0 Å². The van der Waals surface area contributed by atoms with Crippen LogP contribution in [0.3, 0.4) is 0 Å². The normalized spacial score (nSPS) is 12.4. The Kier molecular flexibility index (Phi) is 4.74. The molecule has 76 valence electrons. The quantitative estimate of drug-likeness (QED) is 0.692. The Morgan fingerprint density at radius 2 is 2.00 bits per heavy atom. The maximum Gasteiger partial charge on any atom is 0.133 e. The Labute approximate surface area is 89.9 Å². The molecule has 1 aromatic rings. The molecule has 0 fully saturated rings. The van der Waals surface area contributed by atoms with Crippen molar-refractivity contribution < 1.29 is 4.79 Å². The van der Waals surface area contributed by atoms with E-state index in [0.717, 1.165) is 18.5 Å². The molecule has 0 aromatic heterocycles. The smallest absolute Gasteiger partial charge is 0.133 e. The second kappa shape index (κ2) is 5.86. The molecule has 1 aromatic carbocycles. The summed E-state index contributed by atoms with van der Waals surface area (Å²) < 4.78 is 0. The van der Waals surface area contributed by atoms with Gasteiger partial charge in [-0.05, 0) is 24.7 Å². The fraction of sp³-hybridized carbons (Fsp3) is 0.417. The number of aryl methyl sites for hydroxylation is 1. The molecule has 0 spiro atoms. The average Bonchev–Trinajstić information content (AvgIpc) is 2.20. The lowest BCUT2D eigenvalue weighted by Crippen LogP contribution is -2.08. The minimum absolute atomic E-state index is 0.114. The van der Waals surface area contributed by atoms with Crippen LogP contribution in [-0.2, 0) is 11.2 Å². The number of aldehydes is 1. The van der Waals surface area contributed by atoms with Gasteiger partial charge in [-0.2, -0.15) is 11.8 Å². The maximum absolute atomic E-state index is 10.7. The molecule has 0 aliphatic rings. The van der Waals surface area contributed by atoms with E-state index in [1.54, 1.807) is 11.8 Å². The summed E-state index contributed by atoms with van der Waals surface area (Å²) >= 11 is 1.71. The second-order valence-electron chi connectivity index (χ2n) is 3.32. The molecule has 1 unspecified atom stereocenters. The summed E-state index contributed by atoms with van der Waals surface area (Å²) in [4.78, 5) is 10.7. The van der Waals surface area contributed by atoms with Gasteiger partial charge in [0, 0.05) is 0 Å². The highest BCUT2D eigenvalue weighted by atomic mass is 32.2. The molecule has 1 nitrogen and oxygen atoms in total. The number of benzene rings is 1. The largest absolute Gasteiger partial charge is 0.302 e. The minimum Gasteiger partial charge on any atom is -0.302 e. The van der Waals surface area contributed by atoms with E-state index in [1.807, 2.05) is 0 Å². The van der Waals surface area contributed by atoms with Gasteiger partial charge in [-0.1, -0.05) is 36.8 Å². The molecule has 0 bridgehead atoms. The zero-order chi connectivity index (χ0) is 10.4. The number of carbonyl (C=O) groups excluding carboxylic acids is 1. The first-order valence-corrected chi connectivity index (χ1v) is 5.93. The van der Waals surface area contributed by atoms with Crippen molar-refractivity contribution in [2.45, 2.75) is 25.5 Å². The SMILES string of the molecule is CCSC(C=O)Cc1ccc(C)cc1. The molecule has 2 heteroatoms. The van der Waals surface area contributed by atoms with Gasteiger partial charge in [0.05, 0.1) is 5.25 Å². The highest BCUT2D eigenvalue weighted by Gasteiger charge is 2.07. The summed E-state index contributed by atoms with van der Waals surface area (Å²) in [5, 5.41) is 0.114. The number of carbonyl (C=O) groups is 1. The van der Waals surface area contributed by atoms with E-state index in [-0.39, 0.29) is 5.25 Å². The highest BCUT2D eigenvalue weighted by molar-refractivity contribution is 8.00. The van der Waals surface area contributed by atoms with Gasteiger partial charge >= 0.3 is 0 Å². The highest BCUT2D eigenvalue weighted by Crippen LogP contribution is 2.14. The third kappa shape index (κ3) is 3.54. The molecule has 14 heavy (non-hydrogen) atoms. The summed E-state index contributed by atoms with van der Waals surface area (Å²) in [6, 6.07) is 8.38. The summed E-state index contributed by atoms with van der Waals surface area (Å²) in [5.74, 6) is 0.995. The number of hydrogen-bond acceptors (Lipinski definition) is 2. The van der Waals surface area contributed by atoms with Gasteiger partial charge in [0.15, 0.2) is 0 Å². The first-order chi connectivity index (χ1) is 6.76. The van der Waals surface area contributed by atoms with Gasteiger partial charge in [0.25, 0.3) is 0 Å². The van der Waals surface area contributed by atoms with Crippen LogP contribution in [0.15, 0.2) is 24.3 Å². The number of thioether (sulfide) groups is 1. The van der Waals surface area contributed by atoms with Crippen LogP contribution >= 0.6 is 11.8 Å². The van der Waals surface area contributed by atoms with Crippen molar-refractivity contribution in [2.75, 3.05) is 5.75 Å². The standard InChI is InChI=1S/C12H16OS/c1-3-14-12(9-13)8-11-6-4-10(2)5-7-11/h4-7,9,12H,3,8H2,1-2H3. The summed E-state index contributed by atoms with van der Waals surface area (Å²) in [7, 11) is 0. The van der Waals surface area contributed by atoms with Gasteiger partial charge in [0.2, 0.25) is 0 Å². The predicted molar refractivity (Wildman–Crippen MR) is 62.9 cm³/mol. The Bertz CT molecular complexity index is 279. The maximum atomic E-state index is 10.7. The Balaban J connectivity index is 2.57. The van der Waals surface area contributed by atoms with Crippen LogP contribution in [0.25, 0.3) is 0 Å². The molecule has 0 saturated carbocycles. The van der Waals surface area contributed by atoms with Crippen LogP contribution in [0.5, 0.6) is 0 Å². The van der Waals surface area contributed by atoms with Gasteiger partial charge < -0.3 is 4.79 Å². The van der Waals surface area contributed by atoms with Gasteiger partial charge in [-0.15, -0.1) is 0 Å². The Morgan fingerprint density at radius 1 is 1.36 bits per heavy atom. The average molecular weight is 208 g/mol. The van der Waals surface area contributed by atoms with Crippen LogP contribution in [-0.4, -0.2) is 17.3 Å². The topological polar surface area (TPSA) is 17.1 Å². The summed E-state index contributed by atoms with van der Waals surface area (Å²) in [5.41, 5.74) is 2.51. The van der Waals surface area contributed by atoms with E-state index in [2.05, 4.69) is 38.1 Å². The third-order valence-corrected chi connectivity index (χ3v) is 3.13. The third-order valence-electron chi connectivity index (χ3n) is 2.09. The van der Waals surface area contributed by atoms with Crippen molar-refractivity contribution in [2.24, 2.45) is 0 Å². The van der Waals surface area contributed by atoms with E-state index in [1.165, 1.54) is 11.1 Å². The van der Waals surface area contributed by atoms with Crippen molar-refractivity contribution in [3.8, 4) is 0 Å². The summed E-state index contributed by atoms with van der Waals surface area (Å²) in [6.45, 7) is 4.15. The zero-order valence-electron chi connectivity index (χ0n) is 8.69. The fourth-order valence-corrected chi connectivity index (χ4v) is 2.13. The molecule has 1 rings (SSSR count). The number of rotatable bonds is 5. The summed E-state index contributed by atoms with van der Waals surface area (Å²) in [6.07, 6.45) is 1.90. The molecular weight excluding hydrogens is 192 g/mol. The molecule has 0 amide bonds. The van der Waals surface area contributed by atoms with Crippen molar-refractivity contribution in [3.63, 3.8) is 0 Å². The zero-order valence-corrected chi connectivity index (χ0v) is 9.51. The predicted octanol–water partition coefficient (Wildman–Crippen LogP) is 2.86. The van der Waals surface area contributed by atoms with Crippen molar-refractivity contribution >= 4 is 18.0 Å². The van der Waals surface area contributed by atoms with Gasteiger partial charge in [-0.3, -0.25) is 0 Å². The van der Waals surface area contributed by atoms with Crippen molar-refractivity contribution in [1.82, 2.24) is 0 Å². The molecule has 0 aliphatic heterocycles. The first-order valence-electron chi connectivity index (χ1n) is 4.88. The Morgan fingerprint density at radius 3 is 2.50 bits per heavy atom. The molecule has 1 atom stereocenters. The van der Waals surface area contributed by atoms with Gasteiger partial charge in [-0.25, -0.2) is 0 Å². The fourth-order valence-electron chi connectivity index (χ4n) is 1.32. The molecule has 0 radical (unpaired) electrons. The lowest BCUT2D eigenvalue weighted by molar-refractivity contribution is -0.107. The van der Waals surface area contributed by atoms with E-state index >= 15 is 0 Å².